The molecule has 21 heavy (non-hydrogen) atoms. The number of ether oxygens (including phenoxy) is 2. The predicted molar refractivity (Wildman–Crippen MR) is 75.9 cm³/mol. The summed E-state index contributed by atoms with van der Waals surface area (Å²) >= 11 is 0. The monoisotopic (exact) mass is 290 g/mol. The number of anilines is 1. The van der Waals surface area contributed by atoms with Crippen LogP contribution in [0, 0.1) is 10.1 Å². The second-order valence-electron chi connectivity index (χ2n) is 4.09. The van der Waals surface area contributed by atoms with Gasteiger partial charge in [0.05, 0.1) is 11.5 Å². The van der Waals surface area contributed by atoms with Gasteiger partial charge in [0.25, 0.3) is 0 Å². The van der Waals surface area contributed by atoms with Crippen LogP contribution in [0.2, 0.25) is 0 Å². The van der Waals surface area contributed by atoms with Gasteiger partial charge in [0, 0.05) is 12.7 Å². The Morgan fingerprint density at radius 3 is 2.57 bits per heavy atom. The number of hydrogen-bond donors (Lipinski definition) is 1. The summed E-state index contributed by atoms with van der Waals surface area (Å²) in [5, 5.41) is 10.7. The molecule has 0 aliphatic carbocycles. The summed E-state index contributed by atoms with van der Waals surface area (Å²) in [4.78, 5) is 17.9. The second-order valence-corrected chi connectivity index (χ2v) is 4.09. The molecule has 8 nitrogen and oxygen atoms in total. The summed E-state index contributed by atoms with van der Waals surface area (Å²) in [7, 11) is 1.60. The summed E-state index contributed by atoms with van der Waals surface area (Å²) in [6.45, 7) is 0.959. The maximum Gasteiger partial charge on any atom is 0.329 e. The normalized spacial score (nSPS) is 10.3. The van der Waals surface area contributed by atoms with Crippen LogP contribution in [0.5, 0.6) is 5.75 Å². The van der Waals surface area contributed by atoms with E-state index in [0.29, 0.717) is 30.4 Å². The summed E-state index contributed by atoms with van der Waals surface area (Å²) in [6.07, 6.45) is 1.10. The average Bonchev–Trinajstić information content (AvgIpc) is 2.48. The Morgan fingerprint density at radius 2 is 2.00 bits per heavy atom. The van der Waals surface area contributed by atoms with Crippen LogP contribution in [0.1, 0.15) is 0 Å². The highest BCUT2D eigenvalue weighted by molar-refractivity contribution is 5.61. The molecule has 0 saturated heterocycles. The first-order valence-electron chi connectivity index (χ1n) is 6.11. The van der Waals surface area contributed by atoms with Crippen molar-refractivity contribution in [2.45, 2.75) is 0 Å². The Labute approximate surface area is 120 Å². The molecule has 1 aromatic carbocycles. The van der Waals surface area contributed by atoms with E-state index in [1.807, 2.05) is 0 Å². The first-order chi connectivity index (χ1) is 10.1. The number of nitrogen functional groups attached to an aromatic ring is 1. The highest BCUT2D eigenvalue weighted by atomic mass is 16.6. The summed E-state index contributed by atoms with van der Waals surface area (Å²) in [5.41, 5.74) is 5.92. The van der Waals surface area contributed by atoms with Crippen molar-refractivity contribution in [3.63, 3.8) is 0 Å². The molecular weight excluding hydrogens is 276 g/mol. The van der Waals surface area contributed by atoms with Gasteiger partial charge in [0.1, 0.15) is 18.6 Å². The Kier molecular flexibility index (Phi) is 4.62. The van der Waals surface area contributed by atoms with E-state index >= 15 is 0 Å². The van der Waals surface area contributed by atoms with Crippen LogP contribution >= 0.6 is 0 Å². The first-order valence-corrected chi connectivity index (χ1v) is 6.11. The van der Waals surface area contributed by atoms with Crippen LogP contribution in [0.15, 0.2) is 30.5 Å². The van der Waals surface area contributed by atoms with Crippen molar-refractivity contribution < 1.29 is 14.4 Å². The van der Waals surface area contributed by atoms with Crippen molar-refractivity contribution >= 4 is 11.5 Å². The van der Waals surface area contributed by atoms with Crippen LogP contribution in [0.25, 0.3) is 11.4 Å². The molecule has 1 heterocycles. The Morgan fingerprint density at radius 1 is 1.29 bits per heavy atom. The topological polar surface area (TPSA) is 113 Å². The molecule has 8 heteroatoms. The largest absolute Gasteiger partial charge is 0.491 e. The molecular formula is C13H14N4O4. The standard InChI is InChI=1S/C13H14N4O4/c1-20-6-7-21-10-4-2-9(3-5-10)13-15-8-11(17(18)19)12(14)16-13/h2-5,8H,6-7H2,1H3,(H2,14,15,16). The minimum atomic E-state index is -0.619. The van der Waals surface area contributed by atoms with Crippen molar-refractivity contribution in [1.82, 2.24) is 9.97 Å². The van der Waals surface area contributed by atoms with Gasteiger partial charge in [-0.2, -0.15) is 0 Å². The lowest BCUT2D eigenvalue weighted by atomic mass is 10.2. The molecule has 0 radical (unpaired) electrons. The molecule has 2 aromatic rings. The zero-order chi connectivity index (χ0) is 15.2. The fraction of sp³-hybridized carbons (Fsp3) is 0.231. The second kappa shape index (κ2) is 6.62. The highest BCUT2D eigenvalue weighted by Gasteiger charge is 2.14. The number of hydrogen-bond acceptors (Lipinski definition) is 7. The fourth-order valence-corrected chi connectivity index (χ4v) is 1.61. The van der Waals surface area contributed by atoms with E-state index in [9.17, 15) is 10.1 Å². The fourth-order valence-electron chi connectivity index (χ4n) is 1.61. The van der Waals surface area contributed by atoms with Gasteiger partial charge >= 0.3 is 5.69 Å². The molecule has 0 atom stereocenters. The third-order valence-corrected chi connectivity index (χ3v) is 2.66. The van der Waals surface area contributed by atoms with Crippen LogP contribution in [0.4, 0.5) is 11.5 Å². The molecule has 0 bridgehead atoms. The number of nitrogens with zero attached hydrogens (tertiary/aromatic N) is 3. The van der Waals surface area contributed by atoms with Crippen molar-refractivity contribution in [3.8, 4) is 17.1 Å². The Balaban J connectivity index is 2.15. The third-order valence-electron chi connectivity index (χ3n) is 2.66. The van der Waals surface area contributed by atoms with Gasteiger partial charge in [-0.05, 0) is 24.3 Å². The van der Waals surface area contributed by atoms with Gasteiger partial charge in [-0.1, -0.05) is 0 Å². The van der Waals surface area contributed by atoms with Gasteiger partial charge in [0.15, 0.2) is 5.82 Å². The number of aromatic nitrogens is 2. The molecule has 0 aliphatic heterocycles. The molecule has 2 N–H and O–H groups in total. The summed E-state index contributed by atoms with van der Waals surface area (Å²) < 4.78 is 10.3. The molecule has 0 spiro atoms. The molecule has 0 amide bonds. The van der Waals surface area contributed by atoms with Crippen LogP contribution in [0.3, 0.4) is 0 Å². The van der Waals surface area contributed by atoms with E-state index in [0.717, 1.165) is 6.20 Å². The molecule has 0 unspecified atom stereocenters. The van der Waals surface area contributed by atoms with E-state index in [2.05, 4.69) is 9.97 Å². The lowest BCUT2D eigenvalue weighted by molar-refractivity contribution is -0.384. The zero-order valence-electron chi connectivity index (χ0n) is 11.4. The third kappa shape index (κ3) is 3.63. The van der Waals surface area contributed by atoms with E-state index in [1.54, 1.807) is 31.4 Å². The van der Waals surface area contributed by atoms with Crippen molar-refractivity contribution in [2.24, 2.45) is 0 Å². The SMILES string of the molecule is COCCOc1ccc(-c2ncc([N+](=O)[O-])c(N)n2)cc1. The summed E-state index contributed by atoms with van der Waals surface area (Å²) in [6, 6.07) is 7.02. The lowest BCUT2D eigenvalue weighted by Crippen LogP contribution is -2.04. The quantitative estimate of drug-likeness (QED) is 0.489. The number of nitro groups is 1. The van der Waals surface area contributed by atoms with E-state index in [-0.39, 0.29) is 11.5 Å². The van der Waals surface area contributed by atoms with E-state index in [4.69, 9.17) is 15.2 Å². The van der Waals surface area contributed by atoms with Crippen molar-refractivity contribution in [1.29, 1.82) is 0 Å². The van der Waals surface area contributed by atoms with Gasteiger partial charge < -0.3 is 15.2 Å². The molecule has 0 saturated carbocycles. The Bertz CT molecular complexity index is 631. The van der Waals surface area contributed by atoms with Crippen LogP contribution in [-0.2, 0) is 4.74 Å². The van der Waals surface area contributed by atoms with Gasteiger partial charge in [-0.15, -0.1) is 0 Å². The number of methoxy groups -OCH3 is 1. The minimum absolute atomic E-state index is 0.162. The van der Waals surface area contributed by atoms with E-state index in [1.165, 1.54) is 0 Å². The minimum Gasteiger partial charge on any atom is -0.491 e. The maximum absolute atomic E-state index is 10.7. The molecule has 0 aliphatic rings. The van der Waals surface area contributed by atoms with Crippen LogP contribution < -0.4 is 10.5 Å². The molecule has 110 valence electrons. The van der Waals surface area contributed by atoms with Gasteiger partial charge in [0.2, 0.25) is 5.82 Å². The predicted octanol–water partition coefficient (Wildman–Crippen LogP) is 1.66. The van der Waals surface area contributed by atoms with Gasteiger partial charge in [-0.25, -0.2) is 9.97 Å². The molecule has 0 fully saturated rings. The van der Waals surface area contributed by atoms with Crippen LogP contribution in [-0.4, -0.2) is 35.2 Å². The molecule has 1 aromatic heterocycles. The smallest absolute Gasteiger partial charge is 0.329 e. The van der Waals surface area contributed by atoms with Crippen molar-refractivity contribution in [2.75, 3.05) is 26.1 Å². The highest BCUT2D eigenvalue weighted by Crippen LogP contribution is 2.23. The summed E-state index contributed by atoms with van der Waals surface area (Å²) in [5.74, 6) is 0.845. The zero-order valence-corrected chi connectivity index (χ0v) is 11.4. The Hall–Kier alpha value is -2.74. The number of benzene rings is 1. The average molecular weight is 290 g/mol. The lowest BCUT2D eigenvalue weighted by Gasteiger charge is -2.06. The molecule has 2 rings (SSSR count). The maximum atomic E-state index is 10.7. The first kappa shape index (κ1) is 14.7. The van der Waals surface area contributed by atoms with Gasteiger partial charge in [-0.3, -0.25) is 10.1 Å². The van der Waals surface area contributed by atoms with Crippen molar-refractivity contribution in [3.05, 3.63) is 40.6 Å². The number of nitrogens with two attached hydrogens (primary N) is 1. The number of rotatable bonds is 6. The van der Waals surface area contributed by atoms with E-state index < -0.39 is 4.92 Å².